The van der Waals surface area contributed by atoms with Crippen molar-refractivity contribution in [2.24, 2.45) is 0 Å². The standard InChI is InChI=1S/C33H38O5/c1-4-14-29-32(37-25(2)3)33(36-23-28-19-12-7-13-20-28)31(35-22-27-17-10-6-11-18-27)30(38-29)24-34-21-26-15-8-5-9-16-26/h4-13,15-20,29-33H,1-2,14,21-24H2,3H3/t29-,30+,31+,32-,33-/m0/s1. The van der Waals surface area contributed by atoms with Gasteiger partial charge in [-0.2, -0.15) is 0 Å². The first-order chi connectivity index (χ1) is 18.6. The largest absolute Gasteiger partial charge is 0.490 e. The van der Waals surface area contributed by atoms with E-state index >= 15 is 0 Å². The van der Waals surface area contributed by atoms with Gasteiger partial charge in [-0.05, 0) is 30.0 Å². The van der Waals surface area contributed by atoms with Crippen molar-refractivity contribution in [2.45, 2.75) is 63.7 Å². The zero-order chi connectivity index (χ0) is 26.6. The van der Waals surface area contributed by atoms with E-state index in [1.807, 2.05) is 91.9 Å². The molecule has 0 amide bonds. The summed E-state index contributed by atoms with van der Waals surface area (Å²) in [6.07, 6.45) is 0.537. The van der Waals surface area contributed by atoms with Crippen LogP contribution >= 0.6 is 0 Å². The summed E-state index contributed by atoms with van der Waals surface area (Å²) in [6.45, 7) is 11.5. The Morgan fingerprint density at radius 2 is 1.21 bits per heavy atom. The molecule has 5 atom stereocenters. The lowest BCUT2D eigenvalue weighted by molar-refractivity contribution is -0.263. The summed E-state index contributed by atoms with van der Waals surface area (Å²) in [5.41, 5.74) is 3.25. The molecule has 0 spiro atoms. The summed E-state index contributed by atoms with van der Waals surface area (Å²) in [4.78, 5) is 0. The Kier molecular flexibility index (Phi) is 10.7. The third-order valence-corrected chi connectivity index (χ3v) is 6.43. The fourth-order valence-electron chi connectivity index (χ4n) is 4.65. The van der Waals surface area contributed by atoms with E-state index in [2.05, 4.69) is 25.3 Å². The molecule has 38 heavy (non-hydrogen) atoms. The molecule has 1 aliphatic heterocycles. The van der Waals surface area contributed by atoms with Crippen molar-refractivity contribution in [2.75, 3.05) is 6.61 Å². The summed E-state index contributed by atoms with van der Waals surface area (Å²) in [5.74, 6) is 0.599. The van der Waals surface area contributed by atoms with Crippen LogP contribution in [0.4, 0.5) is 0 Å². The van der Waals surface area contributed by atoms with Crippen molar-refractivity contribution in [3.05, 3.63) is 133 Å². The van der Waals surface area contributed by atoms with Gasteiger partial charge in [-0.25, -0.2) is 0 Å². The molecule has 0 bridgehead atoms. The molecule has 1 fully saturated rings. The van der Waals surface area contributed by atoms with Gasteiger partial charge in [0.1, 0.15) is 24.4 Å². The molecule has 5 heteroatoms. The van der Waals surface area contributed by atoms with E-state index in [1.54, 1.807) is 0 Å². The topological polar surface area (TPSA) is 46.2 Å². The molecule has 0 unspecified atom stereocenters. The van der Waals surface area contributed by atoms with Crippen LogP contribution in [0.15, 0.2) is 116 Å². The van der Waals surface area contributed by atoms with E-state index in [0.29, 0.717) is 38.6 Å². The molecule has 3 aromatic carbocycles. The monoisotopic (exact) mass is 514 g/mol. The van der Waals surface area contributed by atoms with Crippen molar-refractivity contribution in [1.82, 2.24) is 0 Å². The molecule has 3 aromatic rings. The molecule has 4 rings (SSSR count). The third kappa shape index (κ3) is 8.14. The summed E-state index contributed by atoms with van der Waals surface area (Å²) >= 11 is 0. The van der Waals surface area contributed by atoms with Gasteiger partial charge in [-0.1, -0.05) is 104 Å². The van der Waals surface area contributed by atoms with E-state index < -0.39 is 18.3 Å². The highest BCUT2D eigenvalue weighted by Crippen LogP contribution is 2.32. The summed E-state index contributed by atoms with van der Waals surface area (Å²) in [5, 5.41) is 0. The van der Waals surface area contributed by atoms with Gasteiger partial charge in [0, 0.05) is 0 Å². The number of rotatable bonds is 14. The van der Waals surface area contributed by atoms with Crippen molar-refractivity contribution in [1.29, 1.82) is 0 Å². The highest BCUT2D eigenvalue weighted by molar-refractivity contribution is 5.15. The minimum atomic E-state index is -0.430. The van der Waals surface area contributed by atoms with Crippen LogP contribution in [0, 0.1) is 0 Å². The summed E-state index contributed by atoms with van der Waals surface area (Å²) in [7, 11) is 0. The zero-order valence-electron chi connectivity index (χ0n) is 22.1. The van der Waals surface area contributed by atoms with E-state index in [-0.39, 0.29) is 12.2 Å². The van der Waals surface area contributed by atoms with Crippen LogP contribution < -0.4 is 0 Å². The summed E-state index contributed by atoms with van der Waals surface area (Å²) in [6, 6.07) is 30.3. The van der Waals surface area contributed by atoms with E-state index in [1.165, 1.54) is 0 Å². The van der Waals surface area contributed by atoms with Crippen molar-refractivity contribution in [3.8, 4) is 0 Å². The maximum atomic E-state index is 6.59. The Bertz CT molecular complexity index is 1100. The number of hydrogen-bond acceptors (Lipinski definition) is 5. The van der Waals surface area contributed by atoms with Crippen molar-refractivity contribution >= 4 is 0 Å². The Hall–Kier alpha value is -3.22. The highest BCUT2D eigenvalue weighted by atomic mass is 16.6. The Morgan fingerprint density at radius 1 is 0.711 bits per heavy atom. The molecular weight excluding hydrogens is 476 g/mol. The first-order valence-electron chi connectivity index (χ1n) is 13.1. The number of benzene rings is 3. The second kappa shape index (κ2) is 14.6. The fraction of sp³-hybridized carbons (Fsp3) is 0.333. The fourth-order valence-corrected chi connectivity index (χ4v) is 4.65. The molecule has 1 aliphatic rings. The maximum absolute atomic E-state index is 6.59. The first kappa shape index (κ1) is 27.8. The predicted octanol–water partition coefficient (Wildman–Crippen LogP) is 6.64. The van der Waals surface area contributed by atoms with Gasteiger partial charge in [-0.15, -0.1) is 6.58 Å². The second-order valence-electron chi connectivity index (χ2n) is 9.55. The average molecular weight is 515 g/mol. The van der Waals surface area contributed by atoms with Crippen LogP contribution in [-0.2, 0) is 43.5 Å². The molecule has 0 aliphatic carbocycles. The normalized spacial score (nSPS) is 23.0. The van der Waals surface area contributed by atoms with Crippen LogP contribution in [0.5, 0.6) is 0 Å². The number of hydrogen-bond donors (Lipinski definition) is 0. The van der Waals surface area contributed by atoms with Gasteiger partial charge < -0.3 is 23.7 Å². The summed E-state index contributed by atoms with van der Waals surface area (Å²) < 4.78 is 32.1. The van der Waals surface area contributed by atoms with Gasteiger partial charge in [-0.3, -0.25) is 0 Å². The average Bonchev–Trinajstić information content (AvgIpc) is 2.94. The van der Waals surface area contributed by atoms with Crippen LogP contribution in [0.3, 0.4) is 0 Å². The quantitative estimate of drug-likeness (QED) is 0.178. The van der Waals surface area contributed by atoms with E-state index in [0.717, 1.165) is 16.7 Å². The van der Waals surface area contributed by atoms with Gasteiger partial charge in [0.15, 0.2) is 6.10 Å². The molecule has 0 N–H and O–H groups in total. The molecule has 0 radical (unpaired) electrons. The predicted molar refractivity (Wildman–Crippen MR) is 149 cm³/mol. The zero-order valence-corrected chi connectivity index (χ0v) is 22.1. The highest BCUT2D eigenvalue weighted by Gasteiger charge is 2.48. The lowest BCUT2D eigenvalue weighted by Crippen LogP contribution is -2.61. The smallest absolute Gasteiger partial charge is 0.153 e. The minimum Gasteiger partial charge on any atom is -0.490 e. The molecule has 0 aromatic heterocycles. The van der Waals surface area contributed by atoms with E-state index in [9.17, 15) is 0 Å². The Morgan fingerprint density at radius 3 is 1.71 bits per heavy atom. The third-order valence-electron chi connectivity index (χ3n) is 6.43. The van der Waals surface area contributed by atoms with Crippen molar-refractivity contribution in [3.63, 3.8) is 0 Å². The molecule has 5 nitrogen and oxygen atoms in total. The van der Waals surface area contributed by atoms with Gasteiger partial charge in [0.25, 0.3) is 0 Å². The number of ether oxygens (including phenoxy) is 5. The van der Waals surface area contributed by atoms with Crippen LogP contribution in [0.2, 0.25) is 0 Å². The van der Waals surface area contributed by atoms with Crippen molar-refractivity contribution < 1.29 is 23.7 Å². The van der Waals surface area contributed by atoms with Crippen LogP contribution in [-0.4, -0.2) is 37.1 Å². The second-order valence-corrected chi connectivity index (χ2v) is 9.55. The van der Waals surface area contributed by atoms with E-state index in [4.69, 9.17) is 23.7 Å². The Balaban J connectivity index is 1.58. The first-order valence-corrected chi connectivity index (χ1v) is 13.1. The molecule has 1 heterocycles. The van der Waals surface area contributed by atoms with Gasteiger partial charge in [0.2, 0.25) is 0 Å². The molecule has 200 valence electrons. The van der Waals surface area contributed by atoms with Gasteiger partial charge >= 0.3 is 0 Å². The van der Waals surface area contributed by atoms with Crippen LogP contribution in [0.1, 0.15) is 30.0 Å². The van der Waals surface area contributed by atoms with Gasteiger partial charge in [0.05, 0.1) is 32.2 Å². The Labute approximate surface area is 226 Å². The lowest BCUT2D eigenvalue weighted by atomic mass is 9.92. The lowest BCUT2D eigenvalue weighted by Gasteiger charge is -2.46. The number of allylic oxidation sites excluding steroid dienone is 1. The maximum Gasteiger partial charge on any atom is 0.153 e. The molecule has 0 saturated carbocycles. The SMILES string of the molecule is C=CC[C@@H]1O[C@H](COCc2ccccc2)[C@@H](OCc2ccccc2)[C@H](OCc2ccccc2)[C@H]1OC(=C)C. The molecule has 1 saturated heterocycles. The molecular formula is C33H38O5. The minimum absolute atomic E-state index is 0.285. The van der Waals surface area contributed by atoms with Crippen LogP contribution in [0.25, 0.3) is 0 Å².